The van der Waals surface area contributed by atoms with Crippen molar-refractivity contribution in [3.8, 4) is 11.1 Å². The molecule has 1 aromatic rings. The van der Waals surface area contributed by atoms with Crippen molar-refractivity contribution in [2.24, 2.45) is 5.73 Å². The summed E-state index contributed by atoms with van der Waals surface area (Å²) in [7, 11) is 0. The number of hydrogen-bond acceptors (Lipinski definition) is 2. The summed E-state index contributed by atoms with van der Waals surface area (Å²) in [5.74, 6) is 0.0356. The number of rotatable bonds is 4. The summed E-state index contributed by atoms with van der Waals surface area (Å²) in [4.78, 5) is 13.5. The van der Waals surface area contributed by atoms with Crippen LogP contribution in [-0.2, 0) is 6.42 Å². The molecule has 2 aliphatic carbocycles. The summed E-state index contributed by atoms with van der Waals surface area (Å²) >= 11 is 5.09. The molecule has 3 rings (SSSR count). The quantitative estimate of drug-likeness (QED) is 0.580. The molecule has 0 atom stereocenters. The molecule has 0 fully saturated rings. The van der Waals surface area contributed by atoms with E-state index in [0.29, 0.717) is 17.0 Å². The molecule has 3 heteroatoms. The second-order valence-electron chi connectivity index (χ2n) is 5.55. The van der Waals surface area contributed by atoms with Gasteiger partial charge in [-0.2, -0.15) is 0 Å². The third-order valence-electron chi connectivity index (χ3n) is 4.07. The standard InChI is InChI=1S/C20H17NOS/c1-13-17(12-18(21)23)15-10-6-3-7-11-16(15)19(13)20(22)14-8-4-2-5-9-14/h2-11H,12H2,1H3,(H2,21,23). The van der Waals surface area contributed by atoms with Gasteiger partial charge in [0.1, 0.15) is 0 Å². The fraction of sp³-hybridized carbons (Fsp3) is 0.100. The third kappa shape index (κ3) is 2.88. The lowest BCUT2D eigenvalue weighted by atomic mass is 9.99. The number of fused-ring (bicyclic) bond motifs is 1. The van der Waals surface area contributed by atoms with Crippen molar-refractivity contribution >= 4 is 23.0 Å². The van der Waals surface area contributed by atoms with Crippen LogP contribution >= 0.6 is 12.2 Å². The minimum atomic E-state index is 0.0356. The van der Waals surface area contributed by atoms with E-state index in [1.165, 1.54) is 0 Å². The molecule has 0 saturated carbocycles. The Morgan fingerprint density at radius 1 is 0.957 bits per heavy atom. The molecule has 2 N–H and O–H groups in total. The molecule has 0 spiro atoms. The molecule has 1 aromatic carbocycles. The van der Waals surface area contributed by atoms with E-state index >= 15 is 0 Å². The third-order valence-corrected chi connectivity index (χ3v) is 4.22. The number of nitrogens with two attached hydrogens (primary N) is 1. The van der Waals surface area contributed by atoms with Gasteiger partial charge in [0.05, 0.1) is 4.99 Å². The summed E-state index contributed by atoms with van der Waals surface area (Å²) in [6, 6.07) is 19.2. The average Bonchev–Trinajstić information content (AvgIpc) is 2.71. The lowest BCUT2D eigenvalue weighted by Crippen LogP contribution is -2.11. The van der Waals surface area contributed by atoms with Crippen LogP contribution in [-0.4, -0.2) is 10.8 Å². The van der Waals surface area contributed by atoms with Crippen molar-refractivity contribution in [1.82, 2.24) is 0 Å². The number of benzene rings is 1. The van der Waals surface area contributed by atoms with Crippen LogP contribution in [0.3, 0.4) is 0 Å². The Bertz CT molecular complexity index is 855. The van der Waals surface area contributed by atoms with Crippen molar-refractivity contribution in [3.05, 3.63) is 82.9 Å². The van der Waals surface area contributed by atoms with Crippen LogP contribution in [0.1, 0.15) is 27.0 Å². The van der Waals surface area contributed by atoms with Crippen LogP contribution in [0.5, 0.6) is 0 Å². The first-order valence-corrected chi connectivity index (χ1v) is 7.88. The lowest BCUT2D eigenvalue weighted by Gasteiger charge is -2.03. The van der Waals surface area contributed by atoms with Gasteiger partial charge in [-0.3, -0.25) is 4.79 Å². The maximum atomic E-state index is 13.0. The predicted molar refractivity (Wildman–Crippen MR) is 98.2 cm³/mol. The minimum Gasteiger partial charge on any atom is -0.393 e. The zero-order valence-corrected chi connectivity index (χ0v) is 13.7. The van der Waals surface area contributed by atoms with E-state index in [0.717, 1.165) is 27.8 Å². The molecule has 0 bridgehead atoms. The molecule has 114 valence electrons. The van der Waals surface area contributed by atoms with Gasteiger partial charge in [0.2, 0.25) is 0 Å². The van der Waals surface area contributed by atoms with E-state index in [4.69, 9.17) is 18.0 Å². The normalized spacial score (nSPS) is 10.7. The molecule has 0 amide bonds. The highest BCUT2D eigenvalue weighted by atomic mass is 32.1. The Balaban J connectivity index is 2.24. The summed E-state index contributed by atoms with van der Waals surface area (Å²) < 4.78 is 0. The van der Waals surface area contributed by atoms with Crippen LogP contribution in [0.4, 0.5) is 0 Å². The highest BCUT2D eigenvalue weighted by Gasteiger charge is 2.25. The monoisotopic (exact) mass is 319 g/mol. The first-order chi connectivity index (χ1) is 11.1. The molecule has 0 aromatic heterocycles. The number of carbonyl (C=O) groups excluding carboxylic acids is 1. The number of carbonyl (C=O) groups is 1. The summed E-state index contributed by atoms with van der Waals surface area (Å²) in [6.45, 7) is 1.98. The van der Waals surface area contributed by atoms with Gasteiger partial charge in [-0.25, -0.2) is 0 Å². The van der Waals surface area contributed by atoms with E-state index in [1.807, 2.05) is 67.6 Å². The van der Waals surface area contributed by atoms with Crippen LogP contribution < -0.4 is 5.73 Å². The highest BCUT2D eigenvalue weighted by molar-refractivity contribution is 7.80. The molecule has 0 heterocycles. The van der Waals surface area contributed by atoms with E-state index < -0.39 is 0 Å². The molecule has 23 heavy (non-hydrogen) atoms. The molecule has 0 unspecified atom stereocenters. The Labute approximate surface area is 141 Å². The van der Waals surface area contributed by atoms with Crippen molar-refractivity contribution in [2.45, 2.75) is 13.3 Å². The summed E-state index contributed by atoms with van der Waals surface area (Å²) in [6.07, 6.45) is 0.504. The van der Waals surface area contributed by atoms with E-state index in [1.54, 1.807) is 0 Å². The maximum absolute atomic E-state index is 13.0. The van der Waals surface area contributed by atoms with Crippen molar-refractivity contribution < 1.29 is 4.79 Å². The molecular formula is C20H17NOS. The van der Waals surface area contributed by atoms with Gasteiger partial charge in [0.25, 0.3) is 0 Å². The molecule has 0 radical (unpaired) electrons. The van der Waals surface area contributed by atoms with Gasteiger partial charge in [0, 0.05) is 17.5 Å². The first-order valence-electron chi connectivity index (χ1n) is 7.48. The Morgan fingerprint density at radius 2 is 1.52 bits per heavy atom. The van der Waals surface area contributed by atoms with Crippen LogP contribution in [0, 0.1) is 6.92 Å². The summed E-state index contributed by atoms with van der Waals surface area (Å²) in [5, 5.41) is 0. The van der Waals surface area contributed by atoms with Gasteiger partial charge in [-0.1, -0.05) is 72.9 Å². The molecule has 0 aliphatic heterocycles. The second-order valence-corrected chi connectivity index (χ2v) is 6.08. The predicted octanol–water partition coefficient (Wildman–Crippen LogP) is 4.16. The number of hydrogen-bond donors (Lipinski definition) is 1. The van der Waals surface area contributed by atoms with Gasteiger partial charge >= 0.3 is 0 Å². The van der Waals surface area contributed by atoms with Gasteiger partial charge in [0.15, 0.2) is 5.78 Å². The zero-order chi connectivity index (χ0) is 16.4. The Kier molecular flexibility index (Phi) is 4.22. The van der Waals surface area contributed by atoms with Crippen LogP contribution in [0.15, 0.2) is 60.7 Å². The van der Waals surface area contributed by atoms with Crippen molar-refractivity contribution in [1.29, 1.82) is 0 Å². The largest absolute Gasteiger partial charge is 0.393 e. The SMILES string of the molecule is Cc1c(CC(N)=S)c2cccccc-2c1C(=O)c1ccccc1. The Morgan fingerprint density at radius 3 is 2.13 bits per heavy atom. The van der Waals surface area contributed by atoms with Gasteiger partial charge in [-0.05, 0) is 29.2 Å². The van der Waals surface area contributed by atoms with Crippen molar-refractivity contribution in [3.63, 3.8) is 0 Å². The average molecular weight is 319 g/mol. The highest BCUT2D eigenvalue weighted by Crippen LogP contribution is 2.37. The van der Waals surface area contributed by atoms with Gasteiger partial charge < -0.3 is 5.73 Å². The number of ketones is 1. The van der Waals surface area contributed by atoms with E-state index in [-0.39, 0.29) is 5.78 Å². The van der Waals surface area contributed by atoms with Crippen molar-refractivity contribution in [2.75, 3.05) is 0 Å². The topological polar surface area (TPSA) is 43.1 Å². The summed E-state index contributed by atoms with van der Waals surface area (Å²) in [5.41, 5.74) is 11.2. The zero-order valence-electron chi connectivity index (χ0n) is 12.9. The van der Waals surface area contributed by atoms with Crippen LogP contribution in [0.2, 0.25) is 0 Å². The molecule has 2 aliphatic rings. The molecule has 0 saturated heterocycles. The second kappa shape index (κ2) is 6.31. The van der Waals surface area contributed by atoms with E-state index in [9.17, 15) is 4.79 Å². The maximum Gasteiger partial charge on any atom is 0.193 e. The number of thiocarbonyl (C=S) groups is 1. The fourth-order valence-corrected chi connectivity index (χ4v) is 3.16. The van der Waals surface area contributed by atoms with E-state index in [2.05, 4.69) is 0 Å². The fourth-order valence-electron chi connectivity index (χ4n) is 3.01. The Hall–Kier alpha value is -2.52. The minimum absolute atomic E-state index is 0.0356. The lowest BCUT2D eigenvalue weighted by molar-refractivity contribution is 0.103. The van der Waals surface area contributed by atoms with Crippen LogP contribution in [0.25, 0.3) is 11.1 Å². The molecule has 2 nitrogen and oxygen atoms in total. The van der Waals surface area contributed by atoms with Gasteiger partial charge in [-0.15, -0.1) is 0 Å². The smallest absolute Gasteiger partial charge is 0.193 e. The molecular weight excluding hydrogens is 302 g/mol. The first kappa shape index (κ1) is 15.4.